The van der Waals surface area contributed by atoms with Gasteiger partial charge in [-0.1, -0.05) is 6.07 Å². The molecule has 14 heavy (non-hydrogen) atoms. The number of hydrogen-bond donors (Lipinski definition) is 2. The first-order valence-corrected chi connectivity index (χ1v) is 4.80. The van der Waals surface area contributed by atoms with Gasteiger partial charge in [0.2, 0.25) is 0 Å². The third-order valence-electron chi connectivity index (χ3n) is 2.75. The van der Waals surface area contributed by atoms with E-state index in [2.05, 4.69) is 0 Å². The van der Waals surface area contributed by atoms with E-state index in [4.69, 9.17) is 10.8 Å². The van der Waals surface area contributed by atoms with Crippen molar-refractivity contribution in [3.05, 3.63) is 34.9 Å². The zero-order valence-electron chi connectivity index (χ0n) is 7.86. The van der Waals surface area contributed by atoms with Crippen LogP contribution < -0.4 is 5.73 Å². The Hall–Kier alpha value is -1.35. The summed E-state index contributed by atoms with van der Waals surface area (Å²) in [5.41, 5.74) is 8.47. The van der Waals surface area contributed by atoms with Crippen molar-refractivity contribution in [2.45, 2.75) is 25.3 Å². The van der Waals surface area contributed by atoms with E-state index in [-0.39, 0.29) is 6.04 Å². The molecule has 0 fully saturated rings. The first-order valence-electron chi connectivity index (χ1n) is 4.80. The monoisotopic (exact) mass is 191 g/mol. The number of hydrogen-bond acceptors (Lipinski definition) is 2. The largest absolute Gasteiger partial charge is 0.478 e. The standard InChI is InChI=1S/C11H13NO2/c12-10-3-1-2-7-4-5-8(11(13)14)6-9(7)10/h4-6,10H,1-3,12H2,(H,13,14)/t10-/m0/s1. The number of carbonyl (C=O) groups is 1. The highest BCUT2D eigenvalue weighted by Crippen LogP contribution is 2.28. The van der Waals surface area contributed by atoms with Gasteiger partial charge in [-0.3, -0.25) is 0 Å². The summed E-state index contributed by atoms with van der Waals surface area (Å²) < 4.78 is 0. The lowest BCUT2D eigenvalue weighted by molar-refractivity contribution is 0.0696. The Morgan fingerprint density at radius 3 is 3.00 bits per heavy atom. The molecule has 74 valence electrons. The van der Waals surface area contributed by atoms with Gasteiger partial charge in [-0.2, -0.15) is 0 Å². The number of aromatic carboxylic acids is 1. The summed E-state index contributed by atoms with van der Waals surface area (Å²) in [6.07, 6.45) is 3.07. The van der Waals surface area contributed by atoms with Crippen molar-refractivity contribution in [3.8, 4) is 0 Å². The van der Waals surface area contributed by atoms with Crippen molar-refractivity contribution in [1.82, 2.24) is 0 Å². The van der Waals surface area contributed by atoms with Gasteiger partial charge in [-0.15, -0.1) is 0 Å². The van der Waals surface area contributed by atoms with E-state index in [0.717, 1.165) is 24.8 Å². The molecule has 1 aromatic carbocycles. The summed E-state index contributed by atoms with van der Waals surface area (Å²) in [6, 6.07) is 5.26. The van der Waals surface area contributed by atoms with E-state index in [1.807, 2.05) is 6.07 Å². The molecule has 1 atom stereocenters. The van der Waals surface area contributed by atoms with Crippen molar-refractivity contribution < 1.29 is 9.90 Å². The molecule has 2 rings (SSSR count). The topological polar surface area (TPSA) is 63.3 Å². The highest BCUT2D eigenvalue weighted by Gasteiger charge is 2.18. The summed E-state index contributed by atoms with van der Waals surface area (Å²) in [5, 5.41) is 8.83. The van der Waals surface area contributed by atoms with Gasteiger partial charge >= 0.3 is 5.97 Å². The van der Waals surface area contributed by atoms with Gasteiger partial charge in [0.15, 0.2) is 0 Å². The SMILES string of the molecule is N[C@H]1CCCc2ccc(C(=O)O)cc21. The smallest absolute Gasteiger partial charge is 0.335 e. The number of benzene rings is 1. The zero-order valence-corrected chi connectivity index (χ0v) is 7.86. The first-order chi connectivity index (χ1) is 6.68. The van der Waals surface area contributed by atoms with Crippen LogP contribution in [0.15, 0.2) is 18.2 Å². The Kier molecular flexibility index (Phi) is 2.25. The lowest BCUT2D eigenvalue weighted by Crippen LogP contribution is -2.18. The molecule has 0 aromatic heterocycles. The molecule has 1 aliphatic carbocycles. The molecule has 0 saturated heterocycles. The summed E-state index contributed by atoms with van der Waals surface area (Å²) in [7, 11) is 0. The van der Waals surface area contributed by atoms with Crippen LogP contribution >= 0.6 is 0 Å². The minimum atomic E-state index is -0.884. The number of aryl methyl sites for hydroxylation is 1. The Bertz CT molecular complexity index is 374. The fourth-order valence-corrected chi connectivity index (χ4v) is 1.97. The van der Waals surface area contributed by atoms with E-state index < -0.39 is 5.97 Å². The minimum absolute atomic E-state index is 0.0121. The predicted molar refractivity (Wildman–Crippen MR) is 53.3 cm³/mol. The molecule has 1 aromatic rings. The average Bonchev–Trinajstić information content (AvgIpc) is 2.18. The maximum atomic E-state index is 10.8. The molecule has 0 radical (unpaired) electrons. The van der Waals surface area contributed by atoms with Crippen LogP contribution in [0.4, 0.5) is 0 Å². The number of rotatable bonds is 1. The second-order valence-corrected chi connectivity index (χ2v) is 3.72. The number of nitrogens with two attached hydrogens (primary N) is 1. The van der Waals surface area contributed by atoms with Crippen LogP contribution in [0.1, 0.15) is 40.4 Å². The van der Waals surface area contributed by atoms with Gasteiger partial charge in [-0.05, 0) is 42.5 Å². The fourth-order valence-electron chi connectivity index (χ4n) is 1.97. The second-order valence-electron chi connectivity index (χ2n) is 3.72. The molecule has 3 N–H and O–H groups in total. The van der Waals surface area contributed by atoms with Gasteiger partial charge in [0.25, 0.3) is 0 Å². The molecule has 3 heteroatoms. The third-order valence-corrected chi connectivity index (χ3v) is 2.75. The molecule has 0 spiro atoms. The Balaban J connectivity index is 2.45. The summed E-state index contributed by atoms with van der Waals surface area (Å²) in [5.74, 6) is -0.884. The Morgan fingerprint density at radius 1 is 1.50 bits per heavy atom. The highest BCUT2D eigenvalue weighted by molar-refractivity contribution is 5.88. The van der Waals surface area contributed by atoms with Crippen molar-refractivity contribution in [2.24, 2.45) is 5.73 Å². The van der Waals surface area contributed by atoms with Crippen LogP contribution in [-0.2, 0) is 6.42 Å². The lowest BCUT2D eigenvalue weighted by atomic mass is 9.87. The number of fused-ring (bicyclic) bond motifs is 1. The fraction of sp³-hybridized carbons (Fsp3) is 0.364. The second kappa shape index (κ2) is 3.42. The molecule has 0 aliphatic heterocycles. The molecule has 0 amide bonds. The number of carboxylic acids is 1. The summed E-state index contributed by atoms with van der Waals surface area (Å²) in [4.78, 5) is 10.8. The van der Waals surface area contributed by atoms with E-state index in [9.17, 15) is 4.79 Å². The van der Waals surface area contributed by atoms with Crippen LogP contribution in [0.3, 0.4) is 0 Å². The lowest BCUT2D eigenvalue weighted by Gasteiger charge is -2.22. The molecule has 0 saturated carbocycles. The van der Waals surface area contributed by atoms with E-state index in [0.29, 0.717) is 5.56 Å². The van der Waals surface area contributed by atoms with Crippen molar-refractivity contribution in [2.75, 3.05) is 0 Å². The maximum absolute atomic E-state index is 10.8. The molecule has 0 unspecified atom stereocenters. The van der Waals surface area contributed by atoms with Gasteiger partial charge < -0.3 is 10.8 Å². The van der Waals surface area contributed by atoms with Gasteiger partial charge in [0, 0.05) is 6.04 Å². The summed E-state index contributed by atoms with van der Waals surface area (Å²) >= 11 is 0. The van der Waals surface area contributed by atoms with Crippen LogP contribution in [0.5, 0.6) is 0 Å². The van der Waals surface area contributed by atoms with Gasteiger partial charge in [0.1, 0.15) is 0 Å². The predicted octanol–water partition coefficient (Wildman–Crippen LogP) is 1.72. The first kappa shape index (κ1) is 9.21. The average molecular weight is 191 g/mol. The highest BCUT2D eigenvalue weighted by atomic mass is 16.4. The van der Waals surface area contributed by atoms with Crippen molar-refractivity contribution in [3.63, 3.8) is 0 Å². The van der Waals surface area contributed by atoms with Crippen molar-refractivity contribution >= 4 is 5.97 Å². The summed E-state index contributed by atoms with van der Waals surface area (Å²) in [6.45, 7) is 0. The molecule has 1 aliphatic rings. The quantitative estimate of drug-likeness (QED) is 0.710. The molecule has 3 nitrogen and oxygen atoms in total. The number of carboxylic acid groups (broad SMARTS) is 1. The molecule has 0 bridgehead atoms. The molecular weight excluding hydrogens is 178 g/mol. The van der Waals surface area contributed by atoms with E-state index in [1.165, 1.54) is 5.56 Å². The van der Waals surface area contributed by atoms with Crippen LogP contribution in [0.2, 0.25) is 0 Å². The van der Waals surface area contributed by atoms with E-state index >= 15 is 0 Å². The van der Waals surface area contributed by atoms with Crippen LogP contribution in [0, 0.1) is 0 Å². The zero-order chi connectivity index (χ0) is 10.1. The Labute approximate surface area is 82.5 Å². The van der Waals surface area contributed by atoms with Crippen LogP contribution in [0.25, 0.3) is 0 Å². The molecule has 0 heterocycles. The van der Waals surface area contributed by atoms with Gasteiger partial charge in [0.05, 0.1) is 5.56 Å². The third kappa shape index (κ3) is 1.51. The van der Waals surface area contributed by atoms with E-state index in [1.54, 1.807) is 12.1 Å². The van der Waals surface area contributed by atoms with Crippen molar-refractivity contribution in [1.29, 1.82) is 0 Å². The molecular formula is C11H13NO2. The van der Waals surface area contributed by atoms with Gasteiger partial charge in [-0.25, -0.2) is 4.79 Å². The Morgan fingerprint density at radius 2 is 2.29 bits per heavy atom. The minimum Gasteiger partial charge on any atom is -0.478 e. The van der Waals surface area contributed by atoms with Crippen LogP contribution in [-0.4, -0.2) is 11.1 Å². The maximum Gasteiger partial charge on any atom is 0.335 e. The normalized spacial score (nSPS) is 20.2.